The van der Waals surface area contributed by atoms with Gasteiger partial charge in [0.1, 0.15) is 0 Å². The van der Waals surface area contributed by atoms with E-state index in [1.54, 1.807) is 0 Å². The summed E-state index contributed by atoms with van der Waals surface area (Å²) in [6, 6.07) is 9.30. The minimum absolute atomic E-state index is 0.422. The normalized spacial score (nSPS) is 19.1. The highest BCUT2D eigenvalue weighted by Crippen LogP contribution is 2.24. The molecular formula is C15H23ClN2. The van der Waals surface area contributed by atoms with Crippen molar-refractivity contribution < 1.29 is 0 Å². The van der Waals surface area contributed by atoms with Crippen molar-refractivity contribution in [2.45, 2.75) is 38.8 Å². The Kier molecular flexibility index (Phi) is 5.04. The van der Waals surface area contributed by atoms with Crippen molar-refractivity contribution in [2.75, 3.05) is 13.1 Å². The van der Waals surface area contributed by atoms with Gasteiger partial charge in [-0.2, -0.15) is 0 Å². The Balaban J connectivity index is 2.05. The van der Waals surface area contributed by atoms with E-state index in [2.05, 4.69) is 36.6 Å². The zero-order valence-corrected chi connectivity index (χ0v) is 12.0. The summed E-state index contributed by atoms with van der Waals surface area (Å²) in [5.41, 5.74) is 1.34. The second kappa shape index (κ2) is 6.55. The average Bonchev–Trinajstić information content (AvgIpc) is 2.38. The molecule has 0 saturated carbocycles. The van der Waals surface area contributed by atoms with Crippen LogP contribution in [-0.2, 0) is 0 Å². The summed E-state index contributed by atoms with van der Waals surface area (Å²) in [5.74, 6) is 0.584. The Morgan fingerprint density at radius 1 is 1.17 bits per heavy atom. The summed E-state index contributed by atoms with van der Waals surface area (Å²) >= 11 is 5.96. The van der Waals surface area contributed by atoms with Crippen LogP contribution in [0.4, 0.5) is 0 Å². The number of rotatable bonds is 4. The summed E-state index contributed by atoms with van der Waals surface area (Å²) < 4.78 is 0. The Bertz CT molecular complexity index is 355. The maximum Gasteiger partial charge on any atom is 0.0406 e. The van der Waals surface area contributed by atoms with Crippen LogP contribution in [0.25, 0.3) is 0 Å². The minimum atomic E-state index is 0.422. The van der Waals surface area contributed by atoms with E-state index in [4.69, 9.17) is 11.6 Å². The molecule has 1 heterocycles. The topological polar surface area (TPSA) is 24.1 Å². The van der Waals surface area contributed by atoms with E-state index >= 15 is 0 Å². The lowest BCUT2D eigenvalue weighted by Crippen LogP contribution is -2.42. The van der Waals surface area contributed by atoms with Gasteiger partial charge in [-0.1, -0.05) is 37.6 Å². The SMILES string of the molecule is CC(C)C(NC1CCNCC1)c1ccc(Cl)cc1. The molecule has 3 heteroatoms. The molecule has 1 aliphatic rings. The standard InChI is InChI=1S/C15H23ClN2/c1-11(2)15(12-3-5-13(16)6-4-12)18-14-7-9-17-10-8-14/h3-6,11,14-15,17-18H,7-10H2,1-2H3. The second-order valence-electron chi connectivity index (χ2n) is 5.46. The molecule has 2 N–H and O–H groups in total. The molecule has 0 amide bonds. The highest BCUT2D eigenvalue weighted by atomic mass is 35.5. The van der Waals surface area contributed by atoms with E-state index in [0.29, 0.717) is 18.0 Å². The van der Waals surface area contributed by atoms with Crippen LogP contribution in [-0.4, -0.2) is 19.1 Å². The van der Waals surface area contributed by atoms with Crippen molar-refractivity contribution >= 4 is 11.6 Å². The fourth-order valence-electron chi connectivity index (χ4n) is 2.59. The highest BCUT2D eigenvalue weighted by molar-refractivity contribution is 6.30. The predicted molar refractivity (Wildman–Crippen MR) is 78.1 cm³/mol. The molecule has 1 atom stereocenters. The van der Waals surface area contributed by atoms with Crippen LogP contribution < -0.4 is 10.6 Å². The quantitative estimate of drug-likeness (QED) is 0.873. The van der Waals surface area contributed by atoms with Crippen molar-refractivity contribution in [3.63, 3.8) is 0 Å². The van der Waals surface area contributed by atoms with E-state index in [1.807, 2.05) is 12.1 Å². The van der Waals surface area contributed by atoms with Crippen LogP contribution in [0.1, 0.15) is 38.3 Å². The van der Waals surface area contributed by atoms with Crippen molar-refractivity contribution in [3.8, 4) is 0 Å². The second-order valence-corrected chi connectivity index (χ2v) is 5.90. The van der Waals surface area contributed by atoms with Gasteiger partial charge in [-0.15, -0.1) is 0 Å². The van der Waals surface area contributed by atoms with E-state index in [0.717, 1.165) is 18.1 Å². The Labute approximate surface area is 115 Å². The van der Waals surface area contributed by atoms with Crippen molar-refractivity contribution in [1.82, 2.24) is 10.6 Å². The number of hydrogen-bond acceptors (Lipinski definition) is 2. The molecule has 1 aliphatic heterocycles. The molecule has 100 valence electrons. The summed E-state index contributed by atoms with van der Waals surface area (Å²) in [7, 11) is 0. The molecule has 1 fully saturated rings. The number of piperidine rings is 1. The average molecular weight is 267 g/mol. The van der Waals surface area contributed by atoms with Gasteiger partial charge in [-0.3, -0.25) is 0 Å². The lowest BCUT2D eigenvalue weighted by molar-refractivity contribution is 0.309. The van der Waals surface area contributed by atoms with Crippen LogP contribution in [0.15, 0.2) is 24.3 Å². The van der Waals surface area contributed by atoms with Crippen LogP contribution >= 0.6 is 11.6 Å². The van der Waals surface area contributed by atoms with Gasteiger partial charge >= 0.3 is 0 Å². The van der Waals surface area contributed by atoms with E-state index in [9.17, 15) is 0 Å². The van der Waals surface area contributed by atoms with Crippen LogP contribution in [0.2, 0.25) is 5.02 Å². The first kappa shape index (κ1) is 13.9. The molecule has 1 unspecified atom stereocenters. The van der Waals surface area contributed by atoms with Gasteiger partial charge in [-0.05, 0) is 49.5 Å². The van der Waals surface area contributed by atoms with E-state index < -0.39 is 0 Å². The monoisotopic (exact) mass is 266 g/mol. The van der Waals surface area contributed by atoms with E-state index in [-0.39, 0.29) is 0 Å². The number of benzene rings is 1. The molecule has 1 aromatic rings. The maximum atomic E-state index is 5.96. The molecule has 0 aromatic heterocycles. The molecular weight excluding hydrogens is 244 g/mol. The van der Waals surface area contributed by atoms with Crippen molar-refractivity contribution in [1.29, 1.82) is 0 Å². The van der Waals surface area contributed by atoms with Gasteiger partial charge in [0, 0.05) is 17.1 Å². The Morgan fingerprint density at radius 2 is 1.78 bits per heavy atom. The third kappa shape index (κ3) is 3.71. The Hall–Kier alpha value is -0.570. The molecule has 0 spiro atoms. The first-order valence-electron chi connectivity index (χ1n) is 6.89. The molecule has 1 aromatic carbocycles. The summed E-state index contributed by atoms with van der Waals surface area (Å²) in [6.07, 6.45) is 2.44. The Morgan fingerprint density at radius 3 is 2.33 bits per heavy atom. The highest BCUT2D eigenvalue weighted by Gasteiger charge is 2.21. The summed E-state index contributed by atoms with van der Waals surface area (Å²) in [4.78, 5) is 0. The van der Waals surface area contributed by atoms with Gasteiger partial charge in [-0.25, -0.2) is 0 Å². The minimum Gasteiger partial charge on any atom is -0.317 e. The van der Waals surface area contributed by atoms with Crippen molar-refractivity contribution in [3.05, 3.63) is 34.9 Å². The number of hydrogen-bond donors (Lipinski definition) is 2. The summed E-state index contributed by atoms with van der Waals surface area (Å²) in [6.45, 7) is 6.80. The van der Waals surface area contributed by atoms with Gasteiger partial charge in [0.05, 0.1) is 0 Å². The number of halogens is 1. The molecule has 0 aliphatic carbocycles. The number of nitrogens with one attached hydrogen (secondary N) is 2. The fourth-order valence-corrected chi connectivity index (χ4v) is 2.71. The van der Waals surface area contributed by atoms with Crippen LogP contribution in [0.3, 0.4) is 0 Å². The lowest BCUT2D eigenvalue weighted by atomic mass is 9.93. The van der Waals surface area contributed by atoms with Crippen LogP contribution in [0, 0.1) is 5.92 Å². The zero-order valence-electron chi connectivity index (χ0n) is 11.2. The molecule has 0 radical (unpaired) electrons. The molecule has 1 saturated heterocycles. The van der Waals surface area contributed by atoms with Gasteiger partial charge in [0.15, 0.2) is 0 Å². The smallest absolute Gasteiger partial charge is 0.0406 e. The van der Waals surface area contributed by atoms with Crippen LogP contribution in [0.5, 0.6) is 0 Å². The van der Waals surface area contributed by atoms with Gasteiger partial charge in [0.25, 0.3) is 0 Å². The molecule has 2 nitrogen and oxygen atoms in total. The predicted octanol–water partition coefficient (Wildman–Crippen LogP) is 3.38. The lowest BCUT2D eigenvalue weighted by Gasteiger charge is -2.31. The zero-order chi connectivity index (χ0) is 13.0. The molecule has 18 heavy (non-hydrogen) atoms. The van der Waals surface area contributed by atoms with Crippen molar-refractivity contribution in [2.24, 2.45) is 5.92 Å². The van der Waals surface area contributed by atoms with E-state index in [1.165, 1.54) is 18.4 Å². The van der Waals surface area contributed by atoms with Gasteiger partial charge < -0.3 is 10.6 Å². The fraction of sp³-hybridized carbons (Fsp3) is 0.600. The third-order valence-corrected chi connectivity index (χ3v) is 3.90. The summed E-state index contributed by atoms with van der Waals surface area (Å²) in [5, 5.41) is 8.02. The molecule has 0 bridgehead atoms. The molecule has 2 rings (SSSR count). The first-order chi connectivity index (χ1) is 8.66. The third-order valence-electron chi connectivity index (χ3n) is 3.65. The maximum absolute atomic E-state index is 5.96. The first-order valence-corrected chi connectivity index (χ1v) is 7.27. The largest absolute Gasteiger partial charge is 0.317 e. The van der Waals surface area contributed by atoms with Gasteiger partial charge in [0.2, 0.25) is 0 Å².